The molecule has 0 bridgehead atoms. The molecular weight excluding hydrogens is 319 g/mol. The van der Waals surface area contributed by atoms with Gasteiger partial charge in [-0.3, -0.25) is 4.31 Å². The van der Waals surface area contributed by atoms with Crippen LogP contribution in [0.5, 0.6) is 11.5 Å². The summed E-state index contributed by atoms with van der Waals surface area (Å²) >= 11 is 0. The van der Waals surface area contributed by atoms with Crippen LogP contribution in [0.25, 0.3) is 0 Å². The maximum Gasteiger partial charge on any atom is 0.516 e. The summed E-state index contributed by atoms with van der Waals surface area (Å²) in [5, 5.41) is 0. The van der Waals surface area contributed by atoms with Gasteiger partial charge in [0.2, 0.25) is 0 Å². The maximum absolute atomic E-state index is 12.5. The number of alkyl halides is 3. The second-order valence-corrected chi connectivity index (χ2v) is 6.29. The second-order valence-electron chi connectivity index (χ2n) is 4.33. The average Bonchev–Trinajstić information content (AvgIpc) is 2.47. The van der Waals surface area contributed by atoms with E-state index in [1.54, 1.807) is 24.3 Å². The van der Waals surface area contributed by atoms with Gasteiger partial charge in [-0.25, -0.2) is 0 Å². The molecule has 0 aliphatic carbocycles. The molecule has 2 rings (SSSR count). The van der Waals surface area contributed by atoms with Crippen molar-refractivity contribution in [2.24, 2.45) is 0 Å². The third-order valence-electron chi connectivity index (χ3n) is 2.83. The number of rotatable bonds is 4. The third kappa shape index (κ3) is 3.33. The van der Waals surface area contributed by atoms with Gasteiger partial charge >= 0.3 is 15.5 Å². The Morgan fingerprint density at radius 3 is 1.91 bits per heavy atom. The summed E-state index contributed by atoms with van der Waals surface area (Å²) in [6.45, 7) is 0. The molecule has 8 heteroatoms. The first-order chi connectivity index (χ1) is 10.2. The minimum atomic E-state index is -5.41. The van der Waals surface area contributed by atoms with Crippen molar-refractivity contribution >= 4 is 15.7 Å². The normalized spacial score (nSPS) is 12.0. The van der Waals surface area contributed by atoms with Crippen molar-refractivity contribution in [3.05, 3.63) is 54.6 Å². The minimum absolute atomic E-state index is 0.113. The number of para-hydroxylation sites is 1. The highest BCUT2D eigenvalue weighted by atomic mass is 32.2. The van der Waals surface area contributed by atoms with Gasteiger partial charge in [0, 0.05) is 7.05 Å². The lowest BCUT2D eigenvalue weighted by molar-refractivity contribution is -0.0437. The molecule has 0 saturated heterocycles. The van der Waals surface area contributed by atoms with E-state index in [9.17, 15) is 21.6 Å². The van der Waals surface area contributed by atoms with Crippen LogP contribution in [-0.4, -0.2) is 21.0 Å². The van der Waals surface area contributed by atoms with Crippen molar-refractivity contribution in [1.82, 2.24) is 0 Å². The zero-order valence-electron chi connectivity index (χ0n) is 11.4. The summed E-state index contributed by atoms with van der Waals surface area (Å²) in [6.07, 6.45) is 0. The monoisotopic (exact) mass is 331 g/mol. The van der Waals surface area contributed by atoms with E-state index in [0.29, 0.717) is 11.5 Å². The van der Waals surface area contributed by atoms with Crippen LogP contribution in [0, 0.1) is 0 Å². The molecule has 0 heterocycles. The lowest BCUT2D eigenvalue weighted by Crippen LogP contribution is -2.38. The molecule has 0 unspecified atom stereocenters. The Morgan fingerprint density at radius 1 is 0.909 bits per heavy atom. The van der Waals surface area contributed by atoms with E-state index in [-0.39, 0.29) is 9.99 Å². The van der Waals surface area contributed by atoms with Crippen LogP contribution in [0.2, 0.25) is 0 Å². The summed E-state index contributed by atoms with van der Waals surface area (Å²) in [6, 6.07) is 14.1. The fourth-order valence-electron chi connectivity index (χ4n) is 1.64. The standard InChI is InChI=1S/C14H12F3NO3S/c1-18(22(19,20)14(15,16)17)11-7-9-13(10-8-11)21-12-5-3-2-4-6-12/h2-10H,1H3. The summed E-state index contributed by atoms with van der Waals surface area (Å²) < 4.78 is 65.7. The number of halogens is 3. The summed E-state index contributed by atoms with van der Waals surface area (Å²) in [7, 11) is -4.57. The Morgan fingerprint density at radius 2 is 1.41 bits per heavy atom. The van der Waals surface area contributed by atoms with Crippen LogP contribution in [0.4, 0.5) is 18.9 Å². The first-order valence-corrected chi connectivity index (χ1v) is 7.54. The van der Waals surface area contributed by atoms with Crippen molar-refractivity contribution in [1.29, 1.82) is 0 Å². The van der Waals surface area contributed by atoms with Gasteiger partial charge in [0.05, 0.1) is 5.69 Å². The van der Waals surface area contributed by atoms with Crippen molar-refractivity contribution in [2.45, 2.75) is 5.51 Å². The second kappa shape index (κ2) is 5.88. The molecule has 22 heavy (non-hydrogen) atoms. The van der Waals surface area contributed by atoms with Gasteiger partial charge in [0.1, 0.15) is 11.5 Å². The van der Waals surface area contributed by atoms with Gasteiger partial charge in [-0.1, -0.05) is 18.2 Å². The topological polar surface area (TPSA) is 46.6 Å². The highest BCUT2D eigenvalue weighted by Crippen LogP contribution is 2.31. The van der Waals surface area contributed by atoms with Crippen LogP contribution in [0.3, 0.4) is 0 Å². The van der Waals surface area contributed by atoms with Gasteiger partial charge in [-0.15, -0.1) is 0 Å². The van der Waals surface area contributed by atoms with E-state index >= 15 is 0 Å². The van der Waals surface area contributed by atoms with E-state index < -0.39 is 15.5 Å². The largest absolute Gasteiger partial charge is 0.516 e. The van der Waals surface area contributed by atoms with Gasteiger partial charge in [0.15, 0.2) is 0 Å². The predicted octanol–water partition coefficient (Wildman–Crippen LogP) is 3.76. The molecule has 0 radical (unpaired) electrons. The molecule has 0 amide bonds. The lowest BCUT2D eigenvalue weighted by Gasteiger charge is -2.20. The number of nitrogens with zero attached hydrogens (tertiary/aromatic N) is 1. The number of ether oxygens (including phenoxy) is 1. The molecule has 4 nitrogen and oxygen atoms in total. The molecule has 0 fully saturated rings. The van der Waals surface area contributed by atoms with Gasteiger partial charge in [0.25, 0.3) is 0 Å². The van der Waals surface area contributed by atoms with Gasteiger partial charge < -0.3 is 4.74 Å². The minimum Gasteiger partial charge on any atom is -0.457 e. The van der Waals surface area contributed by atoms with Crippen molar-refractivity contribution in [3.8, 4) is 11.5 Å². The Bertz CT molecular complexity index is 728. The first kappa shape index (κ1) is 16.2. The molecule has 118 valence electrons. The third-order valence-corrected chi connectivity index (χ3v) is 4.35. The molecule has 0 atom stereocenters. The highest BCUT2D eigenvalue weighted by molar-refractivity contribution is 7.93. The zero-order chi connectivity index (χ0) is 16.4. The smallest absolute Gasteiger partial charge is 0.457 e. The van der Waals surface area contributed by atoms with Crippen LogP contribution in [0.1, 0.15) is 0 Å². The summed E-state index contributed by atoms with van der Waals surface area (Å²) in [5.41, 5.74) is -5.46. The molecule has 0 saturated carbocycles. The Labute approximate surface area is 125 Å². The van der Waals surface area contributed by atoms with Crippen LogP contribution >= 0.6 is 0 Å². The molecule has 0 spiro atoms. The van der Waals surface area contributed by atoms with Gasteiger partial charge in [-0.2, -0.15) is 21.6 Å². The molecule has 0 N–H and O–H groups in total. The molecule has 0 aromatic heterocycles. The molecule has 0 aliphatic heterocycles. The highest BCUT2D eigenvalue weighted by Gasteiger charge is 2.49. The fraction of sp³-hybridized carbons (Fsp3) is 0.143. The Kier molecular flexibility index (Phi) is 4.32. The predicted molar refractivity (Wildman–Crippen MR) is 76.3 cm³/mol. The van der Waals surface area contributed by atoms with Crippen LogP contribution in [-0.2, 0) is 10.0 Å². The van der Waals surface area contributed by atoms with E-state index in [1.165, 1.54) is 24.3 Å². The lowest BCUT2D eigenvalue weighted by atomic mass is 10.3. The molecule has 2 aromatic carbocycles. The summed E-state index contributed by atoms with van der Waals surface area (Å²) in [4.78, 5) is 0. The van der Waals surface area contributed by atoms with Crippen molar-refractivity contribution in [2.75, 3.05) is 11.4 Å². The van der Waals surface area contributed by atoms with Crippen LogP contribution < -0.4 is 9.04 Å². The number of sulfonamides is 1. The summed E-state index contributed by atoms with van der Waals surface area (Å²) in [5.74, 6) is 0.944. The van der Waals surface area contributed by atoms with Crippen molar-refractivity contribution in [3.63, 3.8) is 0 Å². The van der Waals surface area contributed by atoms with E-state index in [0.717, 1.165) is 7.05 Å². The van der Waals surface area contributed by atoms with E-state index in [1.807, 2.05) is 6.07 Å². The number of anilines is 1. The number of hydrogen-bond donors (Lipinski definition) is 0. The zero-order valence-corrected chi connectivity index (χ0v) is 12.2. The molecular formula is C14H12F3NO3S. The Hall–Kier alpha value is -2.22. The van der Waals surface area contributed by atoms with Crippen molar-refractivity contribution < 1.29 is 26.3 Å². The number of hydrogen-bond acceptors (Lipinski definition) is 3. The quantitative estimate of drug-likeness (QED) is 0.857. The maximum atomic E-state index is 12.5. The fourth-order valence-corrected chi connectivity index (χ4v) is 2.35. The van der Waals surface area contributed by atoms with Crippen LogP contribution in [0.15, 0.2) is 54.6 Å². The van der Waals surface area contributed by atoms with Gasteiger partial charge in [-0.05, 0) is 36.4 Å². The average molecular weight is 331 g/mol. The van der Waals surface area contributed by atoms with E-state index in [4.69, 9.17) is 4.74 Å². The molecule has 2 aromatic rings. The number of benzene rings is 2. The SMILES string of the molecule is CN(c1ccc(Oc2ccccc2)cc1)S(=O)(=O)C(F)(F)F. The molecule has 0 aliphatic rings. The Balaban J connectivity index is 2.19. The first-order valence-electron chi connectivity index (χ1n) is 6.10. The van der Waals surface area contributed by atoms with E-state index in [2.05, 4.69) is 0 Å².